The van der Waals surface area contributed by atoms with E-state index in [9.17, 15) is 4.79 Å². The van der Waals surface area contributed by atoms with Gasteiger partial charge in [0, 0.05) is 24.5 Å². The van der Waals surface area contributed by atoms with Gasteiger partial charge < -0.3 is 10.2 Å². The monoisotopic (exact) mass is 310 g/mol. The summed E-state index contributed by atoms with van der Waals surface area (Å²) < 4.78 is 0. The van der Waals surface area contributed by atoms with Crippen molar-refractivity contribution < 1.29 is 4.79 Å². The molecular weight excluding hydrogens is 288 g/mol. The van der Waals surface area contributed by atoms with Gasteiger partial charge in [-0.1, -0.05) is 25.1 Å². The number of aromatic nitrogens is 2. The third-order valence-corrected chi connectivity index (χ3v) is 4.11. The van der Waals surface area contributed by atoms with E-state index in [2.05, 4.69) is 27.1 Å². The van der Waals surface area contributed by atoms with Crippen LogP contribution in [-0.2, 0) is 6.42 Å². The van der Waals surface area contributed by atoms with Crippen LogP contribution < -0.4 is 10.2 Å². The van der Waals surface area contributed by atoms with Gasteiger partial charge in [-0.3, -0.25) is 4.79 Å². The number of carbonyl (C=O) groups is 1. The number of nitrogens with one attached hydrogen (secondary N) is 1. The predicted octanol–water partition coefficient (Wildman–Crippen LogP) is 3.20. The molecule has 1 aliphatic heterocycles. The third-order valence-electron chi connectivity index (χ3n) is 4.11. The molecule has 0 saturated carbocycles. The van der Waals surface area contributed by atoms with Crippen molar-refractivity contribution in [3.05, 3.63) is 47.3 Å². The average molecular weight is 310 g/mol. The van der Waals surface area contributed by atoms with Crippen LogP contribution in [0.2, 0.25) is 0 Å². The molecule has 1 aromatic heterocycles. The van der Waals surface area contributed by atoms with E-state index in [0.717, 1.165) is 49.3 Å². The Morgan fingerprint density at radius 2 is 1.96 bits per heavy atom. The lowest BCUT2D eigenvalue weighted by molar-refractivity contribution is 0.102. The summed E-state index contributed by atoms with van der Waals surface area (Å²) in [5, 5.41) is 2.98. The Kier molecular flexibility index (Phi) is 4.55. The molecule has 5 heteroatoms. The topological polar surface area (TPSA) is 58.1 Å². The smallest absolute Gasteiger partial charge is 0.274 e. The molecule has 1 fully saturated rings. The van der Waals surface area contributed by atoms with Crippen molar-refractivity contribution in [2.45, 2.75) is 33.1 Å². The van der Waals surface area contributed by atoms with Crippen molar-refractivity contribution in [1.82, 2.24) is 9.97 Å². The van der Waals surface area contributed by atoms with E-state index in [0.29, 0.717) is 11.6 Å². The Bertz CT molecular complexity index is 708. The fourth-order valence-electron chi connectivity index (χ4n) is 2.86. The molecule has 0 aliphatic carbocycles. The van der Waals surface area contributed by atoms with Gasteiger partial charge in [0.25, 0.3) is 5.91 Å². The zero-order valence-corrected chi connectivity index (χ0v) is 13.7. The largest absolute Gasteiger partial charge is 0.341 e. The number of anilines is 2. The van der Waals surface area contributed by atoms with Crippen LogP contribution >= 0.6 is 0 Å². The van der Waals surface area contributed by atoms with E-state index in [4.69, 9.17) is 0 Å². The molecule has 1 N–H and O–H groups in total. The standard InChI is InChI=1S/C18H22N4O/c1-3-14-8-4-5-9-15(14)20-17(23)16-12-13(2)19-18(21-16)22-10-6-7-11-22/h4-5,8-9,12H,3,6-7,10-11H2,1-2H3,(H,20,23). The van der Waals surface area contributed by atoms with E-state index in [1.807, 2.05) is 31.2 Å². The number of carbonyl (C=O) groups excluding carboxylic acids is 1. The van der Waals surface area contributed by atoms with E-state index in [1.165, 1.54) is 0 Å². The van der Waals surface area contributed by atoms with Gasteiger partial charge in [-0.05, 0) is 43.9 Å². The van der Waals surface area contributed by atoms with Crippen molar-refractivity contribution >= 4 is 17.5 Å². The quantitative estimate of drug-likeness (QED) is 0.942. The minimum atomic E-state index is -0.183. The van der Waals surface area contributed by atoms with Gasteiger partial charge in [-0.15, -0.1) is 0 Å². The zero-order valence-electron chi connectivity index (χ0n) is 13.7. The summed E-state index contributed by atoms with van der Waals surface area (Å²) in [5.41, 5.74) is 3.20. The maximum atomic E-state index is 12.6. The fourth-order valence-corrected chi connectivity index (χ4v) is 2.86. The second-order valence-electron chi connectivity index (χ2n) is 5.85. The van der Waals surface area contributed by atoms with Crippen LogP contribution in [0.3, 0.4) is 0 Å². The Morgan fingerprint density at radius 3 is 2.70 bits per heavy atom. The summed E-state index contributed by atoms with van der Waals surface area (Å²) in [6, 6.07) is 9.59. The highest BCUT2D eigenvalue weighted by Gasteiger charge is 2.18. The summed E-state index contributed by atoms with van der Waals surface area (Å²) in [4.78, 5) is 23.7. The SMILES string of the molecule is CCc1ccccc1NC(=O)c1cc(C)nc(N2CCCC2)n1. The van der Waals surface area contributed by atoms with Gasteiger partial charge in [0.2, 0.25) is 5.95 Å². The third kappa shape index (κ3) is 3.50. The van der Waals surface area contributed by atoms with E-state index < -0.39 is 0 Å². The summed E-state index contributed by atoms with van der Waals surface area (Å²) in [5.74, 6) is 0.480. The van der Waals surface area contributed by atoms with Crippen molar-refractivity contribution in [3.8, 4) is 0 Å². The molecule has 1 saturated heterocycles. The molecule has 2 heterocycles. The fraction of sp³-hybridized carbons (Fsp3) is 0.389. The molecule has 0 spiro atoms. The maximum Gasteiger partial charge on any atom is 0.274 e. The van der Waals surface area contributed by atoms with Crippen LogP contribution in [0.5, 0.6) is 0 Å². The van der Waals surface area contributed by atoms with Crippen LogP contribution in [0.15, 0.2) is 30.3 Å². The van der Waals surface area contributed by atoms with Gasteiger partial charge in [0.15, 0.2) is 0 Å². The van der Waals surface area contributed by atoms with Gasteiger partial charge in [-0.25, -0.2) is 9.97 Å². The van der Waals surface area contributed by atoms with Crippen LogP contribution in [0, 0.1) is 6.92 Å². The van der Waals surface area contributed by atoms with Gasteiger partial charge >= 0.3 is 0 Å². The number of hydrogen-bond acceptors (Lipinski definition) is 4. The molecule has 3 rings (SSSR count). The second kappa shape index (κ2) is 6.77. The zero-order chi connectivity index (χ0) is 16.2. The van der Waals surface area contributed by atoms with Gasteiger partial charge in [0.1, 0.15) is 5.69 Å². The molecule has 1 aromatic carbocycles. The van der Waals surface area contributed by atoms with Crippen molar-refractivity contribution in [2.24, 2.45) is 0 Å². The lowest BCUT2D eigenvalue weighted by Crippen LogP contribution is -2.23. The van der Waals surface area contributed by atoms with Crippen molar-refractivity contribution in [1.29, 1.82) is 0 Å². The Hall–Kier alpha value is -2.43. The van der Waals surface area contributed by atoms with Crippen molar-refractivity contribution in [3.63, 3.8) is 0 Å². The number of rotatable bonds is 4. The van der Waals surface area contributed by atoms with E-state index in [1.54, 1.807) is 6.07 Å². The molecule has 120 valence electrons. The molecule has 0 atom stereocenters. The molecule has 1 aliphatic rings. The Balaban J connectivity index is 1.84. The number of aryl methyl sites for hydroxylation is 2. The molecule has 1 amide bonds. The maximum absolute atomic E-state index is 12.6. The van der Waals surface area contributed by atoms with Crippen LogP contribution in [-0.4, -0.2) is 29.0 Å². The first-order chi connectivity index (χ1) is 11.2. The second-order valence-corrected chi connectivity index (χ2v) is 5.85. The van der Waals surface area contributed by atoms with Crippen molar-refractivity contribution in [2.75, 3.05) is 23.3 Å². The van der Waals surface area contributed by atoms with E-state index in [-0.39, 0.29) is 5.91 Å². The predicted molar refractivity (Wildman–Crippen MR) is 92.0 cm³/mol. The molecule has 0 bridgehead atoms. The molecule has 2 aromatic rings. The minimum absolute atomic E-state index is 0.183. The Morgan fingerprint density at radius 1 is 1.22 bits per heavy atom. The van der Waals surface area contributed by atoms with Crippen LogP contribution in [0.1, 0.15) is 41.5 Å². The highest BCUT2D eigenvalue weighted by Crippen LogP contribution is 2.19. The first kappa shape index (κ1) is 15.5. The van der Waals surface area contributed by atoms with Gasteiger partial charge in [0.05, 0.1) is 0 Å². The summed E-state index contributed by atoms with van der Waals surface area (Å²) in [6.45, 7) is 5.90. The summed E-state index contributed by atoms with van der Waals surface area (Å²) in [6.07, 6.45) is 3.18. The van der Waals surface area contributed by atoms with E-state index >= 15 is 0 Å². The summed E-state index contributed by atoms with van der Waals surface area (Å²) in [7, 11) is 0. The lowest BCUT2D eigenvalue weighted by atomic mass is 10.1. The highest BCUT2D eigenvalue weighted by atomic mass is 16.1. The minimum Gasteiger partial charge on any atom is -0.341 e. The summed E-state index contributed by atoms with van der Waals surface area (Å²) >= 11 is 0. The average Bonchev–Trinajstić information content (AvgIpc) is 3.09. The number of hydrogen-bond donors (Lipinski definition) is 1. The number of para-hydroxylation sites is 1. The number of nitrogens with zero attached hydrogens (tertiary/aromatic N) is 3. The Labute approximate surface area is 136 Å². The first-order valence-corrected chi connectivity index (χ1v) is 8.17. The highest BCUT2D eigenvalue weighted by molar-refractivity contribution is 6.03. The lowest BCUT2D eigenvalue weighted by Gasteiger charge is -2.16. The molecule has 0 radical (unpaired) electrons. The number of benzene rings is 1. The molecule has 5 nitrogen and oxygen atoms in total. The van der Waals surface area contributed by atoms with Gasteiger partial charge in [-0.2, -0.15) is 0 Å². The molecule has 0 unspecified atom stereocenters. The van der Waals surface area contributed by atoms with Crippen LogP contribution in [0.25, 0.3) is 0 Å². The first-order valence-electron chi connectivity index (χ1n) is 8.17. The molecule has 23 heavy (non-hydrogen) atoms. The van der Waals surface area contributed by atoms with Crippen LogP contribution in [0.4, 0.5) is 11.6 Å². The number of amides is 1. The molecular formula is C18H22N4O. The normalized spacial score (nSPS) is 14.1.